The lowest BCUT2D eigenvalue weighted by Crippen LogP contribution is -2.27. The van der Waals surface area contributed by atoms with Gasteiger partial charge in [-0.25, -0.2) is 8.78 Å². The van der Waals surface area contributed by atoms with Crippen LogP contribution in [0.5, 0.6) is 5.75 Å². The van der Waals surface area contributed by atoms with Crippen molar-refractivity contribution in [1.82, 2.24) is 0 Å². The van der Waals surface area contributed by atoms with Crippen LogP contribution in [0.2, 0.25) is 0 Å². The molecule has 0 aromatic heterocycles. The molecule has 2 aromatic rings. The molecular formula is C28H34F2O3. The Labute approximate surface area is 196 Å². The second-order valence-electron chi connectivity index (χ2n) is 8.55. The maximum absolute atomic E-state index is 14.6. The first-order valence-corrected chi connectivity index (χ1v) is 12.1. The van der Waals surface area contributed by atoms with Gasteiger partial charge in [-0.3, -0.25) is 0 Å². The van der Waals surface area contributed by atoms with Gasteiger partial charge in [0.05, 0.1) is 25.4 Å². The first-order chi connectivity index (χ1) is 16.1. The van der Waals surface area contributed by atoms with E-state index in [1.165, 1.54) is 25.0 Å². The smallest absolute Gasteiger partial charge is 0.184 e. The average molecular weight is 457 g/mol. The first-order valence-electron chi connectivity index (χ1n) is 12.1. The molecule has 3 nitrogen and oxygen atoms in total. The molecule has 0 N–H and O–H groups in total. The molecule has 0 radical (unpaired) electrons. The van der Waals surface area contributed by atoms with E-state index < -0.39 is 17.9 Å². The molecule has 0 atom stereocenters. The van der Waals surface area contributed by atoms with Crippen LogP contribution < -0.4 is 4.74 Å². The molecule has 0 amide bonds. The van der Waals surface area contributed by atoms with E-state index >= 15 is 0 Å². The van der Waals surface area contributed by atoms with E-state index in [4.69, 9.17) is 14.2 Å². The third kappa shape index (κ3) is 7.84. The molecule has 3 rings (SSSR count). The molecule has 0 bridgehead atoms. The molecular weight excluding hydrogens is 422 g/mol. The molecule has 1 heterocycles. The Hall–Kier alpha value is -2.42. The minimum Gasteiger partial charge on any atom is -0.494 e. The van der Waals surface area contributed by atoms with Crippen LogP contribution in [-0.4, -0.2) is 19.8 Å². The van der Waals surface area contributed by atoms with E-state index in [2.05, 4.69) is 25.7 Å². The molecule has 0 saturated carbocycles. The minimum atomic E-state index is -0.747. The number of halogens is 2. The fourth-order valence-electron chi connectivity index (χ4n) is 3.74. The molecule has 1 saturated heterocycles. The van der Waals surface area contributed by atoms with E-state index in [-0.39, 0.29) is 5.56 Å². The van der Waals surface area contributed by atoms with Crippen LogP contribution in [0, 0.1) is 29.4 Å². The Balaban J connectivity index is 1.58. The van der Waals surface area contributed by atoms with Crippen LogP contribution in [0.25, 0.3) is 0 Å². The summed E-state index contributed by atoms with van der Waals surface area (Å²) < 4.78 is 46.4. The average Bonchev–Trinajstić information content (AvgIpc) is 2.83. The van der Waals surface area contributed by atoms with Gasteiger partial charge in [-0.2, -0.15) is 0 Å². The largest absolute Gasteiger partial charge is 0.494 e. The maximum atomic E-state index is 14.6. The second kappa shape index (κ2) is 13.3. The third-order valence-corrected chi connectivity index (χ3v) is 5.72. The zero-order valence-electron chi connectivity index (χ0n) is 19.7. The summed E-state index contributed by atoms with van der Waals surface area (Å²) in [7, 11) is 0. The normalized spacial score (nSPS) is 17.9. The fraction of sp³-hybridized carbons (Fsp3) is 0.500. The second-order valence-corrected chi connectivity index (χ2v) is 8.55. The summed E-state index contributed by atoms with van der Waals surface area (Å²) in [5.74, 6) is 5.11. The van der Waals surface area contributed by atoms with Gasteiger partial charge in [-0.05, 0) is 49.2 Å². The van der Waals surface area contributed by atoms with Gasteiger partial charge in [0.15, 0.2) is 6.29 Å². The van der Waals surface area contributed by atoms with Crippen LogP contribution >= 0.6 is 0 Å². The van der Waals surface area contributed by atoms with Crippen LogP contribution in [0.15, 0.2) is 36.4 Å². The highest BCUT2D eigenvalue weighted by Crippen LogP contribution is 2.29. The number of benzene rings is 2. The summed E-state index contributed by atoms with van der Waals surface area (Å²) in [5.41, 5.74) is 0.742. The summed E-state index contributed by atoms with van der Waals surface area (Å²) >= 11 is 0. The van der Waals surface area contributed by atoms with Crippen molar-refractivity contribution in [3.8, 4) is 17.6 Å². The Kier molecular flexibility index (Phi) is 10.2. The van der Waals surface area contributed by atoms with E-state index in [1.807, 2.05) is 12.1 Å². The third-order valence-electron chi connectivity index (χ3n) is 5.72. The molecule has 178 valence electrons. The van der Waals surface area contributed by atoms with Crippen LogP contribution in [-0.2, 0) is 9.47 Å². The predicted molar refractivity (Wildman–Crippen MR) is 126 cm³/mol. The summed E-state index contributed by atoms with van der Waals surface area (Å²) in [5, 5.41) is 0. The minimum absolute atomic E-state index is 0.258. The van der Waals surface area contributed by atoms with Gasteiger partial charge in [0.2, 0.25) is 0 Å². The van der Waals surface area contributed by atoms with Gasteiger partial charge >= 0.3 is 0 Å². The lowest BCUT2D eigenvalue weighted by atomic mass is 10.0. The highest BCUT2D eigenvalue weighted by atomic mass is 19.1. The summed E-state index contributed by atoms with van der Waals surface area (Å²) in [6.45, 7) is 6.07. The fourth-order valence-corrected chi connectivity index (χ4v) is 3.74. The Bertz CT molecular complexity index is 899. The van der Waals surface area contributed by atoms with E-state index in [9.17, 15) is 8.78 Å². The molecule has 1 fully saturated rings. The first kappa shape index (κ1) is 25.2. The van der Waals surface area contributed by atoms with Gasteiger partial charge < -0.3 is 14.2 Å². The highest BCUT2D eigenvalue weighted by molar-refractivity contribution is 5.46. The summed E-state index contributed by atoms with van der Waals surface area (Å²) in [4.78, 5) is 0. The monoisotopic (exact) mass is 456 g/mol. The Morgan fingerprint density at radius 2 is 1.52 bits per heavy atom. The number of unbranched alkanes of at least 4 members (excludes halogenated alkanes) is 4. The van der Waals surface area contributed by atoms with Crippen molar-refractivity contribution in [2.75, 3.05) is 19.8 Å². The summed E-state index contributed by atoms with van der Waals surface area (Å²) in [6.07, 6.45) is 7.10. The molecule has 1 aliphatic rings. The molecule has 0 unspecified atom stereocenters. The molecule has 0 aliphatic carbocycles. The van der Waals surface area contributed by atoms with Crippen LogP contribution in [0.3, 0.4) is 0 Å². The maximum Gasteiger partial charge on any atom is 0.184 e. The molecule has 2 aromatic carbocycles. The summed E-state index contributed by atoms with van der Waals surface area (Å²) in [6, 6.07) is 9.71. The Morgan fingerprint density at radius 1 is 0.879 bits per heavy atom. The van der Waals surface area contributed by atoms with Crippen LogP contribution in [0.4, 0.5) is 8.78 Å². The Morgan fingerprint density at radius 3 is 2.15 bits per heavy atom. The zero-order chi connectivity index (χ0) is 23.5. The van der Waals surface area contributed by atoms with Gasteiger partial charge in [-0.1, -0.05) is 57.8 Å². The van der Waals surface area contributed by atoms with Crippen molar-refractivity contribution in [2.45, 2.75) is 65.1 Å². The van der Waals surface area contributed by atoms with E-state index in [1.54, 1.807) is 12.1 Å². The van der Waals surface area contributed by atoms with E-state index in [0.717, 1.165) is 37.9 Å². The van der Waals surface area contributed by atoms with Crippen molar-refractivity contribution in [1.29, 1.82) is 0 Å². The molecule has 1 aliphatic heterocycles. The molecule has 33 heavy (non-hydrogen) atoms. The molecule has 0 spiro atoms. The number of hydrogen-bond donors (Lipinski definition) is 0. The highest BCUT2D eigenvalue weighted by Gasteiger charge is 2.25. The quantitative estimate of drug-likeness (QED) is 0.280. The van der Waals surface area contributed by atoms with Crippen molar-refractivity contribution in [3.05, 3.63) is 64.7 Å². The standard InChI is InChI=1S/C28H34F2O3/c1-3-5-7-9-22-19-32-28(33-20-22)23-17-26(29)25(27(30)18-23)15-12-21-10-13-24(14-11-21)31-16-8-6-4-2/h10-11,13-14,17-18,22,28H,3-9,16,19-20H2,1-2H3. The van der Waals surface area contributed by atoms with Crippen molar-refractivity contribution < 1.29 is 23.0 Å². The van der Waals surface area contributed by atoms with Crippen LogP contribution in [0.1, 0.15) is 81.8 Å². The van der Waals surface area contributed by atoms with Crippen molar-refractivity contribution in [3.63, 3.8) is 0 Å². The molecule has 5 heteroatoms. The lowest BCUT2D eigenvalue weighted by molar-refractivity contribution is -0.206. The zero-order valence-corrected chi connectivity index (χ0v) is 19.7. The van der Waals surface area contributed by atoms with Gasteiger partial charge in [-0.15, -0.1) is 0 Å². The van der Waals surface area contributed by atoms with Gasteiger partial charge in [0, 0.05) is 17.0 Å². The lowest BCUT2D eigenvalue weighted by Gasteiger charge is -2.29. The van der Waals surface area contributed by atoms with Crippen molar-refractivity contribution in [2.24, 2.45) is 5.92 Å². The van der Waals surface area contributed by atoms with Gasteiger partial charge in [0.25, 0.3) is 0 Å². The number of hydrogen-bond acceptors (Lipinski definition) is 3. The predicted octanol–water partition coefficient (Wildman–Crippen LogP) is 7.18. The number of rotatable bonds is 10. The SMILES string of the molecule is CCCCCOc1ccc(C#Cc2c(F)cc(C3OCC(CCCCC)CO3)cc2F)cc1. The number of ether oxygens (including phenoxy) is 3. The topological polar surface area (TPSA) is 27.7 Å². The van der Waals surface area contributed by atoms with Crippen molar-refractivity contribution >= 4 is 0 Å². The van der Waals surface area contributed by atoms with Gasteiger partial charge in [0.1, 0.15) is 17.4 Å². The van der Waals surface area contributed by atoms with E-state index in [0.29, 0.717) is 36.9 Å².